The van der Waals surface area contributed by atoms with Crippen molar-refractivity contribution in [1.82, 2.24) is 19.6 Å². The van der Waals surface area contributed by atoms with E-state index in [9.17, 15) is 18.0 Å². The number of anilines is 1. The van der Waals surface area contributed by atoms with Gasteiger partial charge in [0.05, 0.1) is 11.8 Å². The summed E-state index contributed by atoms with van der Waals surface area (Å²) in [7, 11) is 1.66. The van der Waals surface area contributed by atoms with E-state index in [1.807, 2.05) is 0 Å². The van der Waals surface area contributed by atoms with Gasteiger partial charge in [-0.15, -0.1) is 0 Å². The minimum Gasteiger partial charge on any atom is -0.323 e. The van der Waals surface area contributed by atoms with Crippen LogP contribution in [0.4, 0.5) is 18.9 Å². The first-order valence-corrected chi connectivity index (χ1v) is 8.11. The fourth-order valence-electron chi connectivity index (χ4n) is 2.61. The predicted molar refractivity (Wildman–Crippen MR) is 93.8 cm³/mol. The Kier molecular flexibility index (Phi) is 4.54. The largest absolute Gasteiger partial charge is 0.416 e. The van der Waals surface area contributed by atoms with Crippen molar-refractivity contribution in [2.75, 3.05) is 5.32 Å². The molecule has 0 spiro atoms. The number of alkyl halides is 3. The lowest BCUT2D eigenvalue weighted by Gasteiger charge is -2.25. The smallest absolute Gasteiger partial charge is 0.323 e. The summed E-state index contributed by atoms with van der Waals surface area (Å²) in [5.41, 5.74) is -0.858. The van der Waals surface area contributed by atoms with E-state index in [0.29, 0.717) is 5.56 Å². The quantitative estimate of drug-likeness (QED) is 0.754. The molecule has 9 heteroatoms. The number of hydrogen-bond donors (Lipinski definition) is 1. The molecule has 0 atom stereocenters. The number of nitrogens with zero attached hydrogens (tertiary/aromatic N) is 4. The number of nitrogens with one attached hydrogen (secondary N) is 1. The SMILES string of the molecule is Cn1cc(-c2cc(C(F)(F)F)ccc2NC(=O)C(C)(C)n2cccn2)cn1. The number of aromatic nitrogens is 4. The third-order valence-electron chi connectivity index (χ3n) is 4.24. The van der Waals surface area contributed by atoms with Crippen LogP contribution in [0.5, 0.6) is 0 Å². The third-order valence-corrected chi connectivity index (χ3v) is 4.24. The molecule has 0 aliphatic carbocycles. The molecule has 1 N–H and O–H groups in total. The van der Waals surface area contributed by atoms with Crippen molar-refractivity contribution in [1.29, 1.82) is 0 Å². The molecule has 0 saturated carbocycles. The molecule has 0 radical (unpaired) electrons. The second-order valence-corrected chi connectivity index (χ2v) is 6.62. The molecule has 0 saturated heterocycles. The molecule has 27 heavy (non-hydrogen) atoms. The van der Waals surface area contributed by atoms with Crippen molar-refractivity contribution in [2.24, 2.45) is 7.05 Å². The lowest BCUT2D eigenvalue weighted by atomic mass is 10.0. The number of aryl methyl sites for hydroxylation is 1. The average Bonchev–Trinajstić information content (AvgIpc) is 3.26. The summed E-state index contributed by atoms with van der Waals surface area (Å²) in [6.45, 7) is 3.34. The van der Waals surface area contributed by atoms with E-state index in [1.54, 1.807) is 45.6 Å². The van der Waals surface area contributed by atoms with Crippen LogP contribution in [-0.4, -0.2) is 25.5 Å². The maximum absolute atomic E-state index is 13.1. The molecule has 3 rings (SSSR count). The van der Waals surface area contributed by atoms with Crippen molar-refractivity contribution in [2.45, 2.75) is 25.6 Å². The highest BCUT2D eigenvalue weighted by molar-refractivity contribution is 5.99. The van der Waals surface area contributed by atoms with Gasteiger partial charge in [0.25, 0.3) is 5.91 Å². The maximum Gasteiger partial charge on any atom is 0.416 e. The summed E-state index contributed by atoms with van der Waals surface area (Å²) in [6.07, 6.45) is 1.74. The molecule has 0 aliphatic rings. The van der Waals surface area contributed by atoms with E-state index in [-0.39, 0.29) is 11.3 Å². The molecule has 142 valence electrons. The van der Waals surface area contributed by atoms with Crippen LogP contribution >= 0.6 is 0 Å². The Morgan fingerprint density at radius 1 is 1.19 bits per heavy atom. The van der Waals surface area contributed by atoms with E-state index in [2.05, 4.69) is 15.5 Å². The highest BCUT2D eigenvalue weighted by Gasteiger charge is 2.33. The number of rotatable bonds is 4. The molecule has 1 amide bonds. The summed E-state index contributed by atoms with van der Waals surface area (Å²) >= 11 is 0. The van der Waals surface area contributed by atoms with Gasteiger partial charge in [0, 0.05) is 42.5 Å². The van der Waals surface area contributed by atoms with Crippen molar-refractivity contribution in [3.63, 3.8) is 0 Å². The second kappa shape index (κ2) is 6.57. The van der Waals surface area contributed by atoms with Gasteiger partial charge in [0.1, 0.15) is 5.54 Å². The lowest BCUT2D eigenvalue weighted by molar-refractivity contribution is -0.137. The Hall–Kier alpha value is -3.10. The van der Waals surface area contributed by atoms with Crippen LogP contribution in [0.25, 0.3) is 11.1 Å². The summed E-state index contributed by atoms with van der Waals surface area (Å²) in [6, 6.07) is 4.89. The van der Waals surface area contributed by atoms with Crippen LogP contribution < -0.4 is 5.32 Å². The van der Waals surface area contributed by atoms with Gasteiger partial charge in [0.2, 0.25) is 0 Å². The fourth-order valence-corrected chi connectivity index (χ4v) is 2.61. The third kappa shape index (κ3) is 3.71. The Balaban J connectivity index is 2.01. The molecule has 2 heterocycles. The number of carbonyl (C=O) groups excluding carboxylic acids is 1. The van der Waals surface area contributed by atoms with Crippen LogP contribution in [-0.2, 0) is 23.6 Å². The van der Waals surface area contributed by atoms with Crippen molar-refractivity contribution in [3.8, 4) is 11.1 Å². The Bertz CT molecular complexity index is 958. The highest BCUT2D eigenvalue weighted by atomic mass is 19.4. The van der Waals surface area contributed by atoms with Gasteiger partial charge in [-0.3, -0.25) is 14.2 Å². The van der Waals surface area contributed by atoms with E-state index in [0.717, 1.165) is 12.1 Å². The number of amides is 1. The molecule has 0 bridgehead atoms. The van der Waals surface area contributed by atoms with E-state index in [1.165, 1.54) is 21.6 Å². The molecule has 0 unspecified atom stereocenters. The van der Waals surface area contributed by atoms with E-state index >= 15 is 0 Å². The van der Waals surface area contributed by atoms with E-state index in [4.69, 9.17) is 0 Å². The van der Waals surface area contributed by atoms with Crippen LogP contribution in [0.2, 0.25) is 0 Å². The van der Waals surface area contributed by atoms with Gasteiger partial charge in [-0.1, -0.05) is 0 Å². The number of carbonyl (C=O) groups is 1. The molecule has 6 nitrogen and oxygen atoms in total. The first-order valence-electron chi connectivity index (χ1n) is 8.11. The molecule has 0 fully saturated rings. The monoisotopic (exact) mass is 377 g/mol. The second-order valence-electron chi connectivity index (χ2n) is 6.62. The maximum atomic E-state index is 13.1. The van der Waals surface area contributed by atoms with Crippen molar-refractivity contribution >= 4 is 11.6 Å². The van der Waals surface area contributed by atoms with Gasteiger partial charge in [-0.25, -0.2) is 0 Å². The molecule has 0 aliphatic heterocycles. The molecular weight excluding hydrogens is 359 g/mol. The summed E-state index contributed by atoms with van der Waals surface area (Å²) in [5, 5.41) is 10.8. The van der Waals surface area contributed by atoms with Crippen molar-refractivity contribution < 1.29 is 18.0 Å². The first-order chi connectivity index (χ1) is 12.6. The summed E-state index contributed by atoms with van der Waals surface area (Å²) in [5.74, 6) is -0.406. The zero-order chi connectivity index (χ0) is 19.8. The Morgan fingerprint density at radius 3 is 2.48 bits per heavy atom. The van der Waals surface area contributed by atoms with Gasteiger partial charge < -0.3 is 5.32 Å². The molecular formula is C18H18F3N5O. The lowest BCUT2D eigenvalue weighted by Crippen LogP contribution is -2.40. The molecule has 2 aromatic heterocycles. The Labute approximate surface area is 153 Å². The van der Waals surface area contributed by atoms with Crippen LogP contribution in [0.3, 0.4) is 0 Å². The molecule has 3 aromatic rings. The van der Waals surface area contributed by atoms with Crippen LogP contribution in [0.1, 0.15) is 19.4 Å². The summed E-state index contributed by atoms with van der Waals surface area (Å²) in [4.78, 5) is 12.8. The number of halogens is 3. The zero-order valence-electron chi connectivity index (χ0n) is 14.9. The average molecular weight is 377 g/mol. The zero-order valence-corrected chi connectivity index (χ0v) is 14.9. The van der Waals surface area contributed by atoms with Crippen molar-refractivity contribution in [3.05, 3.63) is 54.6 Å². The van der Waals surface area contributed by atoms with Gasteiger partial charge in [0.15, 0.2) is 0 Å². The fraction of sp³-hybridized carbons (Fsp3) is 0.278. The normalized spacial score (nSPS) is 12.2. The minimum absolute atomic E-state index is 0.238. The number of benzene rings is 1. The number of hydrogen-bond acceptors (Lipinski definition) is 3. The standard InChI is InChI=1S/C18H18F3N5O/c1-17(2,26-8-4-7-22-26)16(27)24-15-6-5-13(18(19,20)21)9-14(15)12-10-23-25(3)11-12/h4-11H,1-3H3,(H,24,27). The highest BCUT2D eigenvalue weighted by Crippen LogP contribution is 2.36. The predicted octanol–water partition coefficient (Wildman–Crippen LogP) is 3.68. The topological polar surface area (TPSA) is 64.7 Å². The Morgan fingerprint density at radius 2 is 1.93 bits per heavy atom. The van der Waals surface area contributed by atoms with Gasteiger partial charge in [-0.2, -0.15) is 23.4 Å². The van der Waals surface area contributed by atoms with Gasteiger partial charge >= 0.3 is 6.18 Å². The van der Waals surface area contributed by atoms with E-state index < -0.39 is 23.2 Å². The van der Waals surface area contributed by atoms with Crippen LogP contribution in [0, 0.1) is 0 Å². The molecule has 1 aromatic carbocycles. The minimum atomic E-state index is -4.49. The van der Waals surface area contributed by atoms with Crippen LogP contribution in [0.15, 0.2) is 49.1 Å². The first kappa shape index (κ1) is 18.7. The van der Waals surface area contributed by atoms with Gasteiger partial charge in [-0.05, 0) is 38.1 Å². The summed E-state index contributed by atoms with van der Waals surface area (Å²) < 4.78 is 42.4.